The van der Waals surface area contributed by atoms with Crippen molar-refractivity contribution in [1.29, 1.82) is 0 Å². The van der Waals surface area contributed by atoms with E-state index in [1.807, 2.05) is 58.4 Å². The quantitative estimate of drug-likeness (QED) is 0.372. The Hall–Kier alpha value is -3.97. The summed E-state index contributed by atoms with van der Waals surface area (Å²) in [5.41, 5.74) is 3.94. The zero-order valence-electron chi connectivity index (χ0n) is 19.9. The maximum Gasteiger partial charge on any atom is 0.242 e. The molecule has 5 rings (SSSR count). The summed E-state index contributed by atoms with van der Waals surface area (Å²) in [5.74, 6) is 0.0418. The highest BCUT2D eigenvalue weighted by Gasteiger charge is 2.29. The Labute approximate surface area is 215 Å². The third-order valence-corrected chi connectivity index (χ3v) is 6.56. The first kappa shape index (κ1) is 23.8. The predicted octanol–water partition coefficient (Wildman–Crippen LogP) is 4.66. The molecule has 182 valence electrons. The van der Waals surface area contributed by atoms with Gasteiger partial charge in [-0.25, -0.2) is 4.99 Å². The average Bonchev–Trinajstić information content (AvgIpc) is 3.57. The van der Waals surface area contributed by atoms with Crippen LogP contribution in [0.15, 0.2) is 97.0 Å². The predicted molar refractivity (Wildman–Crippen MR) is 141 cm³/mol. The molecule has 7 nitrogen and oxygen atoms in total. The van der Waals surface area contributed by atoms with E-state index in [0.29, 0.717) is 28.4 Å². The van der Waals surface area contributed by atoms with Gasteiger partial charge in [0.15, 0.2) is 0 Å². The van der Waals surface area contributed by atoms with Crippen molar-refractivity contribution < 1.29 is 4.79 Å². The molecule has 8 heteroatoms. The highest BCUT2D eigenvalue weighted by Crippen LogP contribution is 2.22. The van der Waals surface area contributed by atoms with Gasteiger partial charge in [-0.05, 0) is 42.7 Å². The zero-order valence-corrected chi connectivity index (χ0v) is 20.6. The summed E-state index contributed by atoms with van der Waals surface area (Å²) in [5, 5.41) is 5.09. The minimum absolute atomic E-state index is 0.0418. The number of likely N-dealkylation sites (tertiary alicyclic amines) is 1. The Balaban J connectivity index is 1.31. The second-order valence-electron chi connectivity index (χ2n) is 8.80. The standard InChI is InChI=1S/C28H27ClN6O/c1-21(26-11-5-6-13-30-26)32-27-16-24(29)12-15-33(27)20-28(36)35-14-7-10-25(35)19-34-18-23(17-31-34)22-8-3-2-4-9-22/h2-6,8-9,11-13,15-18,25H,1,7,10,14,19-20H2. The van der Waals surface area contributed by atoms with Crippen molar-refractivity contribution in [3.8, 4) is 11.1 Å². The third kappa shape index (κ3) is 5.47. The maximum absolute atomic E-state index is 13.4. The lowest BCUT2D eigenvalue weighted by atomic mass is 10.1. The summed E-state index contributed by atoms with van der Waals surface area (Å²) < 4.78 is 3.74. The number of rotatable bonds is 7. The number of amides is 1. The van der Waals surface area contributed by atoms with Gasteiger partial charge in [0.25, 0.3) is 0 Å². The number of aromatic nitrogens is 4. The van der Waals surface area contributed by atoms with Gasteiger partial charge in [0.2, 0.25) is 5.91 Å². The smallest absolute Gasteiger partial charge is 0.242 e. The van der Waals surface area contributed by atoms with Crippen LogP contribution in [0.2, 0.25) is 5.02 Å². The number of nitrogens with zero attached hydrogens (tertiary/aromatic N) is 6. The van der Waals surface area contributed by atoms with E-state index in [2.05, 4.69) is 33.8 Å². The maximum atomic E-state index is 13.4. The molecular weight excluding hydrogens is 472 g/mol. The van der Waals surface area contributed by atoms with Gasteiger partial charge in [0, 0.05) is 35.7 Å². The van der Waals surface area contributed by atoms with E-state index in [-0.39, 0.29) is 18.5 Å². The lowest BCUT2D eigenvalue weighted by molar-refractivity contribution is -0.133. The fourth-order valence-corrected chi connectivity index (χ4v) is 4.65. The highest BCUT2D eigenvalue weighted by atomic mass is 35.5. The molecule has 1 saturated heterocycles. The van der Waals surface area contributed by atoms with Crippen molar-refractivity contribution in [1.82, 2.24) is 24.2 Å². The monoisotopic (exact) mass is 498 g/mol. The molecule has 36 heavy (non-hydrogen) atoms. The molecule has 0 radical (unpaired) electrons. The lowest BCUT2D eigenvalue weighted by Gasteiger charge is -2.25. The van der Waals surface area contributed by atoms with E-state index in [9.17, 15) is 4.79 Å². The fraction of sp³-hybridized carbons (Fsp3) is 0.214. The number of hydrogen-bond acceptors (Lipinski definition) is 4. The Bertz CT molecular complexity index is 1430. The minimum atomic E-state index is 0.0418. The van der Waals surface area contributed by atoms with Crippen LogP contribution in [0.25, 0.3) is 16.8 Å². The fourth-order valence-electron chi connectivity index (χ4n) is 4.50. The summed E-state index contributed by atoms with van der Waals surface area (Å²) >= 11 is 6.25. The summed E-state index contributed by atoms with van der Waals surface area (Å²) in [6.07, 6.45) is 9.33. The van der Waals surface area contributed by atoms with Gasteiger partial charge in [-0.3, -0.25) is 14.5 Å². The lowest BCUT2D eigenvalue weighted by Crippen LogP contribution is -2.41. The van der Waals surface area contributed by atoms with E-state index in [1.165, 1.54) is 0 Å². The van der Waals surface area contributed by atoms with Crippen LogP contribution in [0.4, 0.5) is 0 Å². The normalized spacial score (nSPS) is 15.9. The number of carbonyl (C=O) groups excluding carboxylic acids is 1. The van der Waals surface area contributed by atoms with Gasteiger partial charge in [0.1, 0.15) is 12.0 Å². The van der Waals surface area contributed by atoms with E-state index >= 15 is 0 Å². The van der Waals surface area contributed by atoms with Crippen LogP contribution < -0.4 is 5.49 Å². The summed E-state index contributed by atoms with van der Waals surface area (Å²) in [6, 6.07) is 19.3. The van der Waals surface area contributed by atoms with Gasteiger partial charge < -0.3 is 9.47 Å². The molecule has 1 aliphatic rings. The molecule has 4 heterocycles. The first-order valence-electron chi connectivity index (χ1n) is 12.0. The van der Waals surface area contributed by atoms with Crippen molar-refractivity contribution in [3.05, 3.63) is 108 Å². The molecule has 3 aromatic heterocycles. The molecule has 1 fully saturated rings. The van der Waals surface area contributed by atoms with Crippen molar-refractivity contribution >= 4 is 23.2 Å². The second-order valence-corrected chi connectivity index (χ2v) is 9.24. The van der Waals surface area contributed by atoms with E-state index in [1.54, 1.807) is 29.1 Å². The van der Waals surface area contributed by atoms with Crippen LogP contribution in [0.3, 0.4) is 0 Å². The van der Waals surface area contributed by atoms with Gasteiger partial charge in [0.05, 0.1) is 30.2 Å². The van der Waals surface area contributed by atoms with E-state index in [0.717, 1.165) is 30.5 Å². The number of carbonyl (C=O) groups is 1. The Morgan fingerprint density at radius 3 is 2.75 bits per heavy atom. The van der Waals surface area contributed by atoms with Crippen LogP contribution in [-0.4, -0.2) is 42.7 Å². The van der Waals surface area contributed by atoms with Crippen LogP contribution in [0.1, 0.15) is 18.5 Å². The molecule has 0 spiro atoms. The van der Waals surface area contributed by atoms with Gasteiger partial charge in [-0.1, -0.05) is 54.6 Å². The van der Waals surface area contributed by atoms with Gasteiger partial charge in [-0.15, -0.1) is 0 Å². The van der Waals surface area contributed by atoms with Crippen LogP contribution in [0.5, 0.6) is 0 Å². The number of pyridine rings is 2. The molecule has 1 atom stereocenters. The Morgan fingerprint density at radius 1 is 1.11 bits per heavy atom. The molecule has 0 bridgehead atoms. The summed E-state index contributed by atoms with van der Waals surface area (Å²) in [7, 11) is 0. The minimum Gasteiger partial charge on any atom is -0.336 e. The molecule has 0 N–H and O–H groups in total. The first-order valence-corrected chi connectivity index (χ1v) is 12.3. The average molecular weight is 499 g/mol. The molecule has 4 aromatic rings. The number of hydrogen-bond donors (Lipinski definition) is 0. The van der Waals surface area contributed by atoms with Crippen molar-refractivity contribution in [3.63, 3.8) is 0 Å². The third-order valence-electron chi connectivity index (χ3n) is 6.33. The number of benzene rings is 1. The molecule has 1 aromatic carbocycles. The van der Waals surface area contributed by atoms with Crippen molar-refractivity contribution in [2.45, 2.75) is 32.0 Å². The van der Waals surface area contributed by atoms with Gasteiger partial charge >= 0.3 is 0 Å². The SMILES string of the molecule is C=C(N=c1cc(Cl)ccn1CC(=O)N1CCCC1Cn1cc(-c2ccccc2)cn1)c1ccccn1. The van der Waals surface area contributed by atoms with Gasteiger partial charge in [-0.2, -0.15) is 5.10 Å². The van der Waals surface area contributed by atoms with Crippen molar-refractivity contribution in [2.24, 2.45) is 4.99 Å². The number of halogens is 1. The van der Waals surface area contributed by atoms with Crippen LogP contribution in [0, 0.1) is 0 Å². The topological polar surface area (TPSA) is 68.3 Å². The zero-order chi connectivity index (χ0) is 24.9. The largest absolute Gasteiger partial charge is 0.336 e. The molecule has 0 saturated carbocycles. The summed E-state index contributed by atoms with van der Waals surface area (Å²) in [4.78, 5) is 24.3. The molecule has 1 amide bonds. The summed E-state index contributed by atoms with van der Waals surface area (Å²) in [6.45, 7) is 5.60. The van der Waals surface area contributed by atoms with E-state index < -0.39 is 0 Å². The van der Waals surface area contributed by atoms with Crippen molar-refractivity contribution in [2.75, 3.05) is 6.54 Å². The second kappa shape index (κ2) is 10.7. The molecular formula is C28H27ClN6O. The van der Waals surface area contributed by atoms with E-state index in [4.69, 9.17) is 11.6 Å². The molecule has 1 aliphatic heterocycles. The van der Waals surface area contributed by atoms with Crippen LogP contribution >= 0.6 is 11.6 Å². The Morgan fingerprint density at radius 2 is 1.94 bits per heavy atom. The van der Waals surface area contributed by atoms with Crippen LogP contribution in [-0.2, 0) is 17.9 Å². The Kier molecular flexibility index (Phi) is 7.09. The first-order chi connectivity index (χ1) is 17.6. The highest BCUT2D eigenvalue weighted by molar-refractivity contribution is 6.30. The molecule has 0 aliphatic carbocycles. The molecule has 1 unspecified atom stereocenters.